The van der Waals surface area contributed by atoms with Crippen molar-refractivity contribution in [1.82, 2.24) is 0 Å². The fourth-order valence-electron chi connectivity index (χ4n) is 1.36. The lowest BCUT2D eigenvalue weighted by molar-refractivity contribution is 0.0693. The second kappa shape index (κ2) is 5.29. The van der Waals surface area contributed by atoms with E-state index in [0.717, 1.165) is 0 Å². The van der Waals surface area contributed by atoms with E-state index in [4.69, 9.17) is 15.9 Å². The van der Waals surface area contributed by atoms with Gasteiger partial charge in [-0.25, -0.2) is 4.79 Å². The monoisotopic (exact) mass is 289 g/mol. The Hall–Kier alpha value is -1.11. The lowest BCUT2D eigenvalue weighted by Gasteiger charge is -2.14. The highest BCUT2D eigenvalue weighted by molar-refractivity contribution is 9.10. The van der Waals surface area contributed by atoms with Crippen LogP contribution in [0, 0.1) is 0 Å². The third kappa shape index (κ3) is 2.72. The Morgan fingerprint density at radius 3 is 2.62 bits per heavy atom. The molecule has 0 unspecified atom stereocenters. The van der Waals surface area contributed by atoms with Crippen LogP contribution in [0.15, 0.2) is 16.6 Å². The molecule has 0 radical (unpaired) electrons. The number of hydrogen-bond acceptors (Lipinski definition) is 4. The van der Waals surface area contributed by atoms with Crippen molar-refractivity contribution in [3.8, 4) is 5.75 Å². The number of aliphatic hydroxyl groups is 1. The van der Waals surface area contributed by atoms with Crippen LogP contribution in [0.1, 0.15) is 28.4 Å². The number of rotatable bonds is 4. The molecule has 0 bridgehead atoms. The average Bonchev–Trinajstić information content (AvgIpc) is 2.20. The number of carboxylic acid groups (broad SMARTS) is 1. The number of aromatic hydroxyl groups is 1. The number of nitrogens with two attached hydrogens (primary N) is 1. The van der Waals surface area contributed by atoms with Crippen LogP contribution >= 0.6 is 15.9 Å². The zero-order valence-corrected chi connectivity index (χ0v) is 9.94. The van der Waals surface area contributed by atoms with Crippen LogP contribution in [-0.4, -0.2) is 27.9 Å². The molecule has 0 aliphatic heterocycles. The van der Waals surface area contributed by atoms with Gasteiger partial charge in [0.05, 0.1) is 0 Å². The highest BCUT2D eigenvalue weighted by Gasteiger charge is 2.18. The molecule has 0 aliphatic carbocycles. The van der Waals surface area contributed by atoms with Crippen molar-refractivity contribution < 1.29 is 20.1 Å². The van der Waals surface area contributed by atoms with Gasteiger partial charge in [-0.1, -0.05) is 15.9 Å². The summed E-state index contributed by atoms with van der Waals surface area (Å²) in [6, 6.07) is 2.25. The molecule has 1 aromatic carbocycles. The second-order valence-corrected chi connectivity index (χ2v) is 4.23. The number of hydrogen-bond donors (Lipinski definition) is 4. The first kappa shape index (κ1) is 13.0. The Morgan fingerprint density at radius 1 is 1.50 bits per heavy atom. The first-order chi connectivity index (χ1) is 7.47. The fraction of sp³-hybridized carbons (Fsp3) is 0.300. The lowest BCUT2D eigenvalue weighted by atomic mass is 10.0. The third-order valence-electron chi connectivity index (χ3n) is 2.17. The average molecular weight is 290 g/mol. The van der Waals surface area contributed by atoms with E-state index in [1.807, 2.05) is 0 Å². The molecule has 5 nitrogen and oxygen atoms in total. The number of halogens is 1. The Bertz CT molecular complexity index is 408. The van der Waals surface area contributed by atoms with Gasteiger partial charge in [-0.15, -0.1) is 0 Å². The predicted molar refractivity (Wildman–Crippen MR) is 61.4 cm³/mol. The summed E-state index contributed by atoms with van der Waals surface area (Å²) in [6.45, 7) is -0.129. The fourth-order valence-corrected chi connectivity index (χ4v) is 1.84. The topological polar surface area (TPSA) is 104 Å². The maximum absolute atomic E-state index is 10.8. The van der Waals surface area contributed by atoms with E-state index in [9.17, 15) is 9.90 Å². The van der Waals surface area contributed by atoms with Crippen LogP contribution < -0.4 is 5.73 Å². The smallest absolute Gasteiger partial charge is 0.339 e. The molecular weight excluding hydrogens is 278 g/mol. The highest BCUT2D eigenvalue weighted by Crippen LogP contribution is 2.32. The molecule has 1 aromatic rings. The molecule has 6 heteroatoms. The Morgan fingerprint density at radius 2 is 2.12 bits per heavy atom. The second-order valence-electron chi connectivity index (χ2n) is 3.32. The van der Waals surface area contributed by atoms with Gasteiger partial charge in [-0.2, -0.15) is 0 Å². The summed E-state index contributed by atoms with van der Waals surface area (Å²) in [4.78, 5) is 10.8. The van der Waals surface area contributed by atoms with Gasteiger partial charge < -0.3 is 21.1 Å². The molecule has 1 rings (SSSR count). The first-order valence-electron chi connectivity index (χ1n) is 4.59. The first-order valence-corrected chi connectivity index (χ1v) is 5.38. The van der Waals surface area contributed by atoms with E-state index in [-0.39, 0.29) is 24.3 Å². The number of aliphatic hydroxyl groups excluding tert-OH is 1. The highest BCUT2D eigenvalue weighted by atomic mass is 79.9. The van der Waals surface area contributed by atoms with Gasteiger partial charge in [-0.05, 0) is 18.6 Å². The van der Waals surface area contributed by atoms with Gasteiger partial charge in [0.25, 0.3) is 0 Å². The Labute approximate surface area is 101 Å². The van der Waals surface area contributed by atoms with E-state index in [1.165, 1.54) is 6.07 Å². The Balaban J connectivity index is 3.23. The third-order valence-corrected chi connectivity index (χ3v) is 2.63. The number of carbonyl (C=O) groups is 1. The van der Waals surface area contributed by atoms with Gasteiger partial charge in [0.2, 0.25) is 0 Å². The van der Waals surface area contributed by atoms with Gasteiger partial charge in [-0.3, -0.25) is 0 Å². The summed E-state index contributed by atoms with van der Waals surface area (Å²) < 4.78 is 0.520. The summed E-state index contributed by atoms with van der Waals surface area (Å²) in [5.74, 6) is -1.58. The summed E-state index contributed by atoms with van der Waals surface area (Å²) in [5.41, 5.74) is 5.81. The summed E-state index contributed by atoms with van der Waals surface area (Å²) in [7, 11) is 0. The normalized spacial score (nSPS) is 12.4. The van der Waals surface area contributed by atoms with Crippen molar-refractivity contribution in [3.63, 3.8) is 0 Å². The van der Waals surface area contributed by atoms with E-state index < -0.39 is 12.0 Å². The molecule has 0 spiro atoms. The van der Waals surface area contributed by atoms with Gasteiger partial charge in [0.1, 0.15) is 11.3 Å². The van der Waals surface area contributed by atoms with Crippen molar-refractivity contribution in [3.05, 3.63) is 27.7 Å². The minimum absolute atomic E-state index is 0.129. The minimum atomic E-state index is -1.23. The van der Waals surface area contributed by atoms with Crippen molar-refractivity contribution >= 4 is 21.9 Å². The van der Waals surface area contributed by atoms with Crippen molar-refractivity contribution in [2.24, 2.45) is 5.73 Å². The number of aromatic carboxylic acids is 1. The van der Waals surface area contributed by atoms with Crippen LogP contribution in [0.5, 0.6) is 5.75 Å². The van der Waals surface area contributed by atoms with Gasteiger partial charge in [0, 0.05) is 22.7 Å². The van der Waals surface area contributed by atoms with E-state index >= 15 is 0 Å². The van der Waals surface area contributed by atoms with Gasteiger partial charge in [0.15, 0.2) is 0 Å². The molecule has 1 atom stereocenters. The number of benzene rings is 1. The molecule has 0 amide bonds. The summed E-state index contributed by atoms with van der Waals surface area (Å²) >= 11 is 3.14. The maximum atomic E-state index is 10.8. The number of carboxylic acids is 1. The largest absolute Gasteiger partial charge is 0.507 e. The molecular formula is C10H12BrNO4. The SMILES string of the molecule is N[C@@H](CCO)c1cc(Br)cc(C(=O)O)c1O. The van der Waals surface area contributed by atoms with Crippen molar-refractivity contribution in [2.75, 3.05) is 6.61 Å². The van der Waals surface area contributed by atoms with E-state index in [2.05, 4.69) is 15.9 Å². The van der Waals surface area contributed by atoms with Crippen LogP contribution in [0.3, 0.4) is 0 Å². The maximum Gasteiger partial charge on any atom is 0.339 e. The molecule has 0 aliphatic rings. The van der Waals surface area contributed by atoms with Crippen molar-refractivity contribution in [1.29, 1.82) is 0 Å². The minimum Gasteiger partial charge on any atom is -0.507 e. The molecule has 0 fully saturated rings. The van der Waals surface area contributed by atoms with Crippen LogP contribution in [0.25, 0.3) is 0 Å². The molecule has 5 N–H and O–H groups in total. The molecule has 16 heavy (non-hydrogen) atoms. The van der Waals surface area contributed by atoms with Gasteiger partial charge >= 0.3 is 5.97 Å². The van der Waals surface area contributed by atoms with Crippen LogP contribution in [0.2, 0.25) is 0 Å². The molecule has 0 saturated carbocycles. The summed E-state index contributed by atoms with van der Waals surface area (Å²) in [6.07, 6.45) is 0.253. The standard InChI is InChI=1S/C10H12BrNO4/c11-5-3-6(8(12)1-2-13)9(14)7(4-5)10(15)16/h3-4,8,13-14H,1-2,12H2,(H,15,16)/t8-/m0/s1. The van der Waals surface area contributed by atoms with E-state index in [1.54, 1.807) is 6.07 Å². The zero-order valence-electron chi connectivity index (χ0n) is 8.35. The van der Waals surface area contributed by atoms with Crippen LogP contribution in [0.4, 0.5) is 0 Å². The summed E-state index contributed by atoms with van der Waals surface area (Å²) in [5, 5.41) is 27.3. The lowest BCUT2D eigenvalue weighted by Crippen LogP contribution is -2.13. The molecule has 0 aromatic heterocycles. The zero-order chi connectivity index (χ0) is 12.3. The molecule has 88 valence electrons. The van der Waals surface area contributed by atoms with Crippen molar-refractivity contribution in [2.45, 2.75) is 12.5 Å². The predicted octanol–water partition coefficient (Wildman–Crippen LogP) is 1.24. The quantitative estimate of drug-likeness (QED) is 0.668. The Kier molecular flexibility index (Phi) is 4.28. The van der Waals surface area contributed by atoms with Crippen LogP contribution in [-0.2, 0) is 0 Å². The van der Waals surface area contributed by atoms with E-state index in [0.29, 0.717) is 10.0 Å². The molecule has 0 saturated heterocycles. The molecule has 0 heterocycles. The number of phenols is 1.